The molecule has 0 unspecified atom stereocenters. The number of benzene rings is 1. The van der Waals surface area contributed by atoms with Crippen LogP contribution in [0.4, 0.5) is 11.5 Å². The van der Waals surface area contributed by atoms with Gasteiger partial charge in [-0.05, 0) is 19.1 Å². The summed E-state index contributed by atoms with van der Waals surface area (Å²) < 4.78 is 16.4. The number of nitrogens with zero attached hydrogens (tertiary/aromatic N) is 2. The fourth-order valence-corrected chi connectivity index (χ4v) is 4.40. The molecule has 0 saturated carbocycles. The molecular formula is C20H19N3O5. The van der Waals surface area contributed by atoms with E-state index in [1.165, 1.54) is 0 Å². The number of aryl methyl sites for hydroxylation is 1. The summed E-state index contributed by atoms with van der Waals surface area (Å²) in [7, 11) is 1.57. The van der Waals surface area contributed by atoms with E-state index in [0.717, 1.165) is 0 Å². The molecular weight excluding hydrogens is 362 g/mol. The highest BCUT2D eigenvalue weighted by atomic mass is 16.5. The van der Waals surface area contributed by atoms with Gasteiger partial charge in [0.25, 0.3) is 0 Å². The summed E-state index contributed by atoms with van der Waals surface area (Å²) in [6.45, 7) is 2.08. The number of fused-ring (bicyclic) bond motifs is 1. The largest absolute Gasteiger partial charge is 0.497 e. The standard InChI is InChI=1S/C20H19N3O5/c1-11-8-15(22-28-11)23-10-20-7-6-14(27-20)16(17(20)19(23)25)18(24)21-12-4-3-5-13(9-12)26-2/h3-9,14,16-17H,10H2,1-2H3,(H,21,24)/t14-,16+,17+,20-/m1/s1. The minimum Gasteiger partial charge on any atom is -0.497 e. The molecule has 2 aromatic rings. The van der Waals surface area contributed by atoms with Crippen molar-refractivity contribution < 1.29 is 23.6 Å². The smallest absolute Gasteiger partial charge is 0.235 e. The predicted octanol–water partition coefficient (Wildman–Crippen LogP) is 1.92. The van der Waals surface area contributed by atoms with Gasteiger partial charge in [0.15, 0.2) is 5.82 Å². The second-order valence-corrected chi connectivity index (χ2v) is 7.34. The van der Waals surface area contributed by atoms with Gasteiger partial charge in [0.1, 0.15) is 17.1 Å². The molecule has 4 heterocycles. The summed E-state index contributed by atoms with van der Waals surface area (Å²) in [5, 5.41) is 6.84. The van der Waals surface area contributed by atoms with Crippen LogP contribution in [0.15, 0.2) is 47.0 Å². The van der Waals surface area contributed by atoms with Crippen molar-refractivity contribution in [2.45, 2.75) is 18.6 Å². The van der Waals surface area contributed by atoms with Gasteiger partial charge in [0, 0.05) is 17.8 Å². The first-order chi connectivity index (χ1) is 13.5. The third-order valence-corrected chi connectivity index (χ3v) is 5.63. The highest BCUT2D eigenvalue weighted by molar-refractivity contribution is 6.05. The second kappa shape index (κ2) is 5.93. The molecule has 0 aliphatic carbocycles. The Morgan fingerprint density at radius 2 is 2.25 bits per heavy atom. The number of amides is 2. The molecule has 2 amide bonds. The molecule has 8 nitrogen and oxygen atoms in total. The zero-order chi connectivity index (χ0) is 19.5. The Kier molecular flexibility index (Phi) is 3.60. The third kappa shape index (κ3) is 2.37. The average Bonchev–Trinajstić information content (AvgIpc) is 3.43. The van der Waals surface area contributed by atoms with E-state index < -0.39 is 23.5 Å². The van der Waals surface area contributed by atoms with Gasteiger partial charge < -0.3 is 19.3 Å². The van der Waals surface area contributed by atoms with Crippen molar-refractivity contribution in [3.8, 4) is 5.75 Å². The normalized spacial score (nSPS) is 30.0. The van der Waals surface area contributed by atoms with E-state index >= 15 is 0 Å². The first-order valence-corrected chi connectivity index (χ1v) is 9.07. The number of aromatic nitrogens is 1. The summed E-state index contributed by atoms with van der Waals surface area (Å²) in [5.41, 5.74) is -0.190. The molecule has 1 aromatic heterocycles. The van der Waals surface area contributed by atoms with Crippen LogP contribution in [0.3, 0.4) is 0 Å². The number of nitrogens with one attached hydrogen (secondary N) is 1. The van der Waals surface area contributed by atoms with Crippen LogP contribution >= 0.6 is 0 Å². The lowest BCUT2D eigenvalue weighted by Gasteiger charge is -2.23. The Bertz CT molecular complexity index is 999. The molecule has 2 bridgehead atoms. The summed E-state index contributed by atoms with van der Waals surface area (Å²) in [6.07, 6.45) is 3.36. The van der Waals surface area contributed by atoms with Crippen molar-refractivity contribution in [2.75, 3.05) is 23.9 Å². The number of hydrogen-bond donors (Lipinski definition) is 1. The van der Waals surface area contributed by atoms with Crippen LogP contribution in [0.2, 0.25) is 0 Å². The highest BCUT2D eigenvalue weighted by Crippen LogP contribution is 2.52. The first kappa shape index (κ1) is 17.0. The zero-order valence-electron chi connectivity index (χ0n) is 15.4. The Morgan fingerprint density at radius 1 is 1.39 bits per heavy atom. The molecule has 3 aliphatic rings. The lowest BCUT2D eigenvalue weighted by atomic mass is 9.77. The molecule has 4 atom stereocenters. The Balaban J connectivity index is 1.42. The highest BCUT2D eigenvalue weighted by Gasteiger charge is 2.67. The van der Waals surface area contributed by atoms with Crippen molar-refractivity contribution in [3.63, 3.8) is 0 Å². The second-order valence-electron chi connectivity index (χ2n) is 7.34. The minimum absolute atomic E-state index is 0.175. The van der Waals surface area contributed by atoms with E-state index in [4.69, 9.17) is 14.0 Å². The van der Waals surface area contributed by atoms with Gasteiger partial charge in [-0.3, -0.25) is 14.5 Å². The molecule has 3 aliphatic heterocycles. The number of hydrogen-bond acceptors (Lipinski definition) is 6. The van der Waals surface area contributed by atoms with E-state index in [2.05, 4.69) is 10.5 Å². The van der Waals surface area contributed by atoms with Gasteiger partial charge in [0.05, 0.1) is 31.6 Å². The number of carbonyl (C=O) groups excluding carboxylic acids is 2. The van der Waals surface area contributed by atoms with Crippen molar-refractivity contribution >= 4 is 23.3 Å². The van der Waals surface area contributed by atoms with Gasteiger partial charge in [-0.15, -0.1) is 0 Å². The van der Waals surface area contributed by atoms with Crippen LogP contribution in [-0.2, 0) is 14.3 Å². The van der Waals surface area contributed by atoms with Crippen LogP contribution in [0, 0.1) is 18.8 Å². The average molecular weight is 381 g/mol. The van der Waals surface area contributed by atoms with E-state index in [1.54, 1.807) is 49.3 Å². The van der Waals surface area contributed by atoms with Crippen LogP contribution < -0.4 is 15.0 Å². The van der Waals surface area contributed by atoms with Crippen molar-refractivity contribution in [2.24, 2.45) is 11.8 Å². The lowest BCUT2D eigenvalue weighted by Crippen LogP contribution is -2.41. The molecule has 8 heteroatoms. The molecule has 5 rings (SSSR count). The number of anilines is 2. The van der Waals surface area contributed by atoms with Crippen LogP contribution in [-0.4, -0.2) is 42.3 Å². The van der Waals surface area contributed by atoms with Gasteiger partial charge >= 0.3 is 0 Å². The summed E-state index contributed by atoms with van der Waals surface area (Å²) >= 11 is 0. The fourth-order valence-electron chi connectivity index (χ4n) is 4.40. The summed E-state index contributed by atoms with van der Waals surface area (Å²) in [6, 6.07) is 8.81. The van der Waals surface area contributed by atoms with Gasteiger partial charge in [-0.2, -0.15) is 0 Å². The van der Waals surface area contributed by atoms with Gasteiger partial charge in [0.2, 0.25) is 11.8 Å². The SMILES string of the molecule is COc1cccc(NC(=O)[C@@H]2[C@H]3C(=O)N(c4cc(C)on4)C[C@]34C=C[C@H]2O4)c1. The summed E-state index contributed by atoms with van der Waals surface area (Å²) in [4.78, 5) is 27.8. The monoisotopic (exact) mass is 381 g/mol. The lowest BCUT2D eigenvalue weighted by molar-refractivity contribution is -0.128. The number of carbonyl (C=O) groups is 2. The quantitative estimate of drug-likeness (QED) is 0.814. The molecule has 0 radical (unpaired) electrons. The maximum atomic E-state index is 13.2. The van der Waals surface area contributed by atoms with E-state index in [1.807, 2.05) is 12.2 Å². The molecule has 2 fully saturated rings. The molecule has 28 heavy (non-hydrogen) atoms. The van der Waals surface area contributed by atoms with Crippen LogP contribution in [0.1, 0.15) is 5.76 Å². The van der Waals surface area contributed by atoms with Gasteiger partial charge in [-0.25, -0.2) is 0 Å². The molecule has 1 N–H and O–H groups in total. The maximum absolute atomic E-state index is 13.2. The maximum Gasteiger partial charge on any atom is 0.235 e. The zero-order valence-corrected chi connectivity index (χ0v) is 15.4. The van der Waals surface area contributed by atoms with E-state index in [-0.39, 0.29) is 11.8 Å². The van der Waals surface area contributed by atoms with Crippen molar-refractivity contribution in [1.82, 2.24) is 5.16 Å². The number of rotatable bonds is 4. The van der Waals surface area contributed by atoms with Crippen molar-refractivity contribution in [1.29, 1.82) is 0 Å². The number of ether oxygens (including phenoxy) is 2. The first-order valence-electron chi connectivity index (χ1n) is 9.07. The molecule has 1 aromatic carbocycles. The third-order valence-electron chi connectivity index (χ3n) is 5.63. The molecule has 1 spiro atoms. The van der Waals surface area contributed by atoms with E-state index in [0.29, 0.717) is 29.6 Å². The molecule has 2 saturated heterocycles. The summed E-state index contributed by atoms with van der Waals surface area (Å²) in [5.74, 6) is 0.0748. The van der Waals surface area contributed by atoms with Crippen LogP contribution in [0.5, 0.6) is 5.75 Å². The predicted molar refractivity (Wildman–Crippen MR) is 98.9 cm³/mol. The topological polar surface area (TPSA) is 93.9 Å². The minimum atomic E-state index is -0.801. The Hall–Kier alpha value is -3.13. The van der Waals surface area contributed by atoms with E-state index in [9.17, 15) is 9.59 Å². The van der Waals surface area contributed by atoms with Gasteiger partial charge in [-0.1, -0.05) is 23.4 Å². The fraction of sp³-hybridized carbons (Fsp3) is 0.350. The number of methoxy groups -OCH3 is 1. The van der Waals surface area contributed by atoms with Crippen LogP contribution in [0.25, 0.3) is 0 Å². The Labute approximate surface area is 161 Å². The molecule has 144 valence electrons. The van der Waals surface area contributed by atoms with Crippen molar-refractivity contribution in [3.05, 3.63) is 48.2 Å². The Morgan fingerprint density at radius 3 is 3.00 bits per heavy atom.